The molecule has 50 heavy (non-hydrogen) atoms. The van der Waals surface area contributed by atoms with Crippen molar-refractivity contribution in [1.29, 1.82) is 0 Å². The van der Waals surface area contributed by atoms with Crippen molar-refractivity contribution in [2.75, 3.05) is 4.90 Å². The predicted octanol–water partition coefficient (Wildman–Crippen LogP) is 14.6. The van der Waals surface area contributed by atoms with Gasteiger partial charge in [-0.15, -0.1) is 22.7 Å². The molecule has 0 saturated heterocycles. The number of benzene rings is 8. The minimum absolute atomic E-state index is 0.883. The zero-order valence-corrected chi connectivity index (χ0v) is 28.4. The third-order valence-corrected chi connectivity index (χ3v) is 12.4. The van der Waals surface area contributed by atoms with Gasteiger partial charge in [-0.3, -0.25) is 0 Å². The minimum atomic E-state index is 0.883. The Morgan fingerprint density at radius 2 is 1.04 bits per heavy atom. The molecule has 234 valence electrons. The van der Waals surface area contributed by atoms with E-state index in [1.54, 1.807) is 0 Å². The highest BCUT2D eigenvalue weighted by molar-refractivity contribution is 7.26. The third-order valence-electron chi connectivity index (χ3n) is 10.1. The van der Waals surface area contributed by atoms with Gasteiger partial charge in [-0.25, -0.2) is 0 Å². The van der Waals surface area contributed by atoms with Crippen molar-refractivity contribution >= 4 is 113 Å². The summed E-state index contributed by atoms with van der Waals surface area (Å²) < 4.78 is 11.9. The Kier molecular flexibility index (Phi) is 6.03. The summed E-state index contributed by atoms with van der Waals surface area (Å²) >= 11 is 3.71. The number of rotatable bonds is 4. The topological polar surface area (TPSA) is 16.4 Å². The molecular formula is C46H27NOS2. The van der Waals surface area contributed by atoms with E-state index in [-0.39, 0.29) is 0 Å². The van der Waals surface area contributed by atoms with Gasteiger partial charge in [0.15, 0.2) is 0 Å². The van der Waals surface area contributed by atoms with Crippen LogP contribution in [0.4, 0.5) is 17.1 Å². The fourth-order valence-corrected chi connectivity index (χ4v) is 9.99. The van der Waals surface area contributed by atoms with Crippen molar-refractivity contribution in [3.63, 3.8) is 0 Å². The van der Waals surface area contributed by atoms with E-state index in [1.165, 1.54) is 56.9 Å². The zero-order valence-electron chi connectivity index (χ0n) is 26.8. The first-order valence-corrected chi connectivity index (χ1v) is 18.5. The van der Waals surface area contributed by atoms with Gasteiger partial charge in [0.05, 0.1) is 16.8 Å². The summed E-state index contributed by atoms with van der Waals surface area (Å²) in [7, 11) is 0. The van der Waals surface area contributed by atoms with Crippen LogP contribution >= 0.6 is 22.7 Å². The van der Waals surface area contributed by atoms with Crippen LogP contribution in [-0.4, -0.2) is 0 Å². The summed E-state index contributed by atoms with van der Waals surface area (Å²) in [6, 6.07) is 59.5. The van der Waals surface area contributed by atoms with E-state index >= 15 is 0 Å². The second-order valence-corrected chi connectivity index (χ2v) is 15.0. The average Bonchev–Trinajstić information content (AvgIpc) is 3.87. The number of anilines is 3. The normalized spacial score (nSPS) is 12.0. The van der Waals surface area contributed by atoms with E-state index in [9.17, 15) is 0 Å². The zero-order chi connectivity index (χ0) is 32.8. The van der Waals surface area contributed by atoms with Gasteiger partial charge in [0.2, 0.25) is 0 Å². The minimum Gasteiger partial charge on any atom is -0.455 e. The first-order valence-electron chi connectivity index (χ1n) is 16.8. The number of thiophene rings is 2. The Hall–Kier alpha value is -5.94. The van der Waals surface area contributed by atoms with E-state index in [2.05, 4.69) is 169 Å². The van der Waals surface area contributed by atoms with Crippen LogP contribution in [0.25, 0.3) is 84.2 Å². The van der Waals surface area contributed by atoms with Crippen molar-refractivity contribution in [3.8, 4) is 11.1 Å². The molecule has 0 saturated carbocycles. The second-order valence-electron chi connectivity index (χ2n) is 12.9. The molecule has 3 aromatic heterocycles. The second kappa shape index (κ2) is 10.8. The molecule has 0 amide bonds. The maximum Gasteiger partial charge on any atom is 0.143 e. The smallest absolute Gasteiger partial charge is 0.143 e. The van der Waals surface area contributed by atoms with Crippen molar-refractivity contribution in [2.45, 2.75) is 0 Å². The molecule has 11 rings (SSSR count). The largest absolute Gasteiger partial charge is 0.455 e. The summed E-state index contributed by atoms with van der Waals surface area (Å²) in [5, 5.41) is 9.72. The van der Waals surface area contributed by atoms with Gasteiger partial charge in [0.25, 0.3) is 0 Å². The summed E-state index contributed by atoms with van der Waals surface area (Å²) in [5.74, 6) is 0. The Morgan fingerprint density at radius 3 is 1.90 bits per heavy atom. The van der Waals surface area contributed by atoms with Gasteiger partial charge in [0.1, 0.15) is 11.2 Å². The fraction of sp³-hybridized carbons (Fsp3) is 0. The van der Waals surface area contributed by atoms with Crippen molar-refractivity contribution < 1.29 is 4.42 Å². The van der Waals surface area contributed by atoms with Crippen LogP contribution in [0, 0.1) is 0 Å². The lowest BCUT2D eigenvalue weighted by Gasteiger charge is -2.27. The van der Waals surface area contributed by atoms with Gasteiger partial charge in [-0.1, -0.05) is 97.1 Å². The molecule has 0 radical (unpaired) electrons. The maximum atomic E-state index is 6.68. The summed E-state index contributed by atoms with van der Waals surface area (Å²) in [6.45, 7) is 0. The summed E-state index contributed by atoms with van der Waals surface area (Å²) in [5.41, 5.74) is 7.58. The Bertz CT molecular complexity index is 3110. The van der Waals surface area contributed by atoms with Crippen LogP contribution in [0.1, 0.15) is 0 Å². The SMILES string of the molecule is c1ccc2c(c1)ccc1c2oc2cccc(N(c3ccc(-c4ccc5sc6ccccc6c5c4)cc3)c3cccc4sc5ccccc5c34)c21. The van der Waals surface area contributed by atoms with Crippen molar-refractivity contribution in [2.24, 2.45) is 0 Å². The van der Waals surface area contributed by atoms with Crippen LogP contribution in [0.5, 0.6) is 0 Å². The maximum absolute atomic E-state index is 6.68. The molecule has 0 N–H and O–H groups in total. The van der Waals surface area contributed by atoms with Crippen molar-refractivity contribution in [3.05, 3.63) is 164 Å². The lowest BCUT2D eigenvalue weighted by molar-refractivity contribution is 0.672. The number of hydrogen-bond donors (Lipinski definition) is 0. The molecule has 0 aliphatic heterocycles. The van der Waals surface area contributed by atoms with E-state index in [0.717, 1.165) is 44.4 Å². The molecular weight excluding hydrogens is 647 g/mol. The Morgan fingerprint density at radius 1 is 0.400 bits per heavy atom. The first-order chi connectivity index (χ1) is 24.8. The van der Waals surface area contributed by atoms with Crippen LogP contribution in [0.2, 0.25) is 0 Å². The molecule has 0 spiro atoms. The van der Waals surface area contributed by atoms with Gasteiger partial charge >= 0.3 is 0 Å². The van der Waals surface area contributed by atoms with Crippen LogP contribution < -0.4 is 4.90 Å². The van der Waals surface area contributed by atoms with Gasteiger partial charge in [-0.05, 0) is 83.2 Å². The highest BCUT2D eigenvalue weighted by Crippen LogP contribution is 2.49. The van der Waals surface area contributed by atoms with E-state index in [1.807, 2.05) is 22.7 Å². The van der Waals surface area contributed by atoms with Crippen LogP contribution in [0.15, 0.2) is 168 Å². The molecule has 2 nitrogen and oxygen atoms in total. The number of hydrogen-bond acceptors (Lipinski definition) is 4. The molecule has 0 atom stereocenters. The van der Waals surface area contributed by atoms with E-state index < -0.39 is 0 Å². The molecule has 3 heterocycles. The number of furan rings is 1. The Labute approximate surface area is 295 Å². The molecule has 8 aromatic carbocycles. The monoisotopic (exact) mass is 673 g/mol. The van der Waals surface area contributed by atoms with Crippen LogP contribution in [0.3, 0.4) is 0 Å². The summed E-state index contributed by atoms with van der Waals surface area (Å²) in [6.07, 6.45) is 0. The van der Waals surface area contributed by atoms with Gasteiger partial charge in [-0.2, -0.15) is 0 Å². The number of nitrogens with zero attached hydrogens (tertiary/aromatic N) is 1. The Balaban J connectivity index is 1.15. The highest BCUT2D eigenvalue weighted by atomic mass is 32.1. The fourth-order valence-electron chi connectivity index (χ4n) is 7.78. The van der Waals surface area contributed by atoms with Gasteiger partial charge in [0, 0.05) is 56.8 Å². The lowest BCUT2D eigenvalue weighted by atomic mass is 10.0. The van der Waals surface area contributed by atoms with Crippen LogP contribution in [-0.2, 0) is 0 Å². The average molecular weight is 674 g/mol. The van der Waals surface area contributed by atoms with Crippen molar-refractivity contribution in [1.82, 2.24) is 0 Å². The van der Waals surface area contributed by atoms with Gasteiger partial charge < -0.3 is 9.32 Å². The summed E-state index contributed by atoms with van der Waals surface area (Å²) in [4.78, 5) is 2.44. The molecule has 0 fully saturated rings. The molecule has 4 heteroatoms. The molecule has 11 aromatic rings. The highest BCUT2D eigenvalue weighted by Gasteiger charge is 2.23. The molecule has 0 aliphatic carbocycles. The lowest BCUT2D eigenvalue weighted by Crippen LogP contribution is -2.10. The standard InChI is InChI=1S/C46H27NOS2/c1-2-10-32-29(9-1)21-25-35-44-37(13-7-15-39(44)48-46(32)35)47(38-14-8-18-43-45(38)34-12-4-6-17-41(34)50-43)31-23-19-28(20-24-31)30-22-26-42-36(27-30)33-11-3-5-16-40(33)49-42/h1-27H. The molecule has 0 bridgehead atoms. The quantitative estimate of drug-likeness (QED) is 0.185. The molecule has 0 unspecified atom stereocenters. The number of fused-ring (bicyclic) bond motifs is 11. The van der Waals surface area contributed by atoms with E-state index in [4.69, 9.17) is 4.42 Å². The van der Waals surface area contributed by atoms with E-state index in [0.29, 0.717) is 0 Å². The molecule has 0 aliphatic rings. The predicted molar refractivity (Wildman–Crippen MR) is 217 cm³/mol. The third kappa shape index (κ3) is 4.13. The first kappa shape index (κ1) is 28.0.